The molecule has 1 fully saturated rings. The van der Waals surface area contributed by atoms with Gasteiger partial charge in [0.05, 0.1) is 11.1 Å². The number of hydrogen-bond acceptors (Lipinski definition) is 3. The largest absolute Gasteiger partial charge is 0.336 e. The van der Waals surface area contributed by atoms with Gasteiger partial charge in [0.15, 0.2) is 0 Å². The van der Waals surface area contributed by atoms with Crippen LogP contribution in [0.25, 0.3) is 16.6 Å². The number of nitrogens with zero attached hydrogens (tertiary/aromatic N) is 3. The lowest BCUT2D eigenvalue weighted by molar-refractivity contribution is 0.0736. The number of amides is 1. The van der Waals surface area contributed by atoms with E-state index in [0.29, 0.717) is 6.42 Å². The maximum absolute atomic E-state index is 13.8. The summed E-state index contributed by atoms with van der Waals surface area (Å²) in [6.45, 7) is 5.23. The molecule has 5 heteroatoms. The maximum Gasteiger partial charge on any atom is 0.256 e. The minimum atomic E-state index is 0.0952. The highest BCUT2D eigenvalue weighted by Gasteiger charge is 2.28. The number of pyridine rings is 1. The molecule has 0 atom stereocenters. The molecule has 0 saturated carbocycles. The van der Waals surface area contributed by atoms with Gasteiger partial charge in [-0.15, -0.1) is 0 Å². The Hall–Kier alpha value is -3.44. The molecule has 4 aromatic rings. The van der Waals surface area contributed by atoms with Gasteiger partial charge >= 0.3 is 0 Å². The molecular formula is C26H26N4O. The second-order valence-electron chi connectivity index (χ2n) is 8.03. The number of benzene rings is 2. The van der Waals surface area contributed by atoms with Crippen molar-refractivity contribution in [2.24, 2.45) is 0 Å². The molecule has 2 aromatic heterocycles. The molecule has 1 aliphatic heterocycles. The van der Waals surface area contributed by atoms with E-state index in [0.717, 1.165) is 54.0 Å². The molecule has 3 heterocycles. The lowest BCUT2D eigenvalue weighted by Crippen LogP contribution is -2.46. The highest BCUT2D eigenvalue weighted by Crippen LogP contribution is 2.32. The van der Waals surface area contributed by atoms with E-state index in [-0.39, 0.29) is 5.91 Å². The van der Waals surface area contributed by atoms with Crippen LogP contribution in [0.5, 0.6) is 0 Å². The van der Waals surface area contributed by atoms with E-state index in [1.165, 1.54) is 11.1 Å². The Morgan fingerprint density at radius 1 is 1.00 bits per heavy atom. The SMILES string of the molecule is Cc1ccccc1Cc1c(C(=O)N2CCNCC2)c2cnccc2n1-c1ccccc1. The van der Waals surface area contributed by atoms with Crippen molar-refractivity contribution in [2.45, 2.75) is 13.3 Å². The number of para-hydroxylation sites is 1. The van der Waals surface area contributed by atoms with Crippen LogP contribution in [0.3, 0.4) is 0 Å². The molecule has 0 spiro atoms. The molecule has 0 radical (unpaired) electrons. The number of aromatic nitrogens is 2. The van der Waals surface area contributed by atoms with Crippen LogP contribution in [0, 0.1) is 6.92 Å². The van der Waals surface area contributed by atoms with E-state index in [4.69, 9.17) is 0 Å². The van der Waals surface area contributed by atoms with Crippen LogP contribution in [0.1, 0.15) is 27.2 Å². The van der Waals surface area contributed by atoms with Crippen molar-refractivity contribution in [1.29, 1.82) is 0 Å². The van der Waals surface area contributed by atoms with Gasteiger partial charge in [0.2, 0.25) is 0 Å². The Kier molecular flexibility index (Phi) is 5.26. The summed E-state index contributed by atoms with van der Waals surface area (Å²) in [5.41, 5.74) is 6.32. The summed E-state index contributed by atoms with van der Waals surface area (Å²) in [4.78, 5) is 20.2. The monoisotopic (exact) mass is 410 g/mol. The van der Waals surface area contributed by atoms with Gasteiger partial charge in [0.1, 0.15) is 0 Å². The minimum absolute atomic E-state index is 0.0952. The number of carbonyl (C=O) groups is 1. The lowest BCUT2D eigenvalue weighted by Gasteiger charge is -2.28. The molecule has 1 aliphatic rings. The second kappa shape index (κ2) is 8.36. The third-order valence-corrected chi connectivity index (χ3v) is 6.12. The average molecular weight is 411 g/mol. The van der Waals surface area contributed by atoms with Crippen molar-refractivity contribution < 1.29 is 4.79 Å². The molecule has 5 nitrogen and oxygen atoms in total. The van der Waals surface area contributed by atoms with Gasteiger partial charge < -0.3 is 14.8 Å². The normalized spacial score (nSPS) is 14.2. The molecular weight excluding hydrogens is 384 g/mol. The van der Waals surface area contributed by atoms with Gasteiger partial charge in [0, 0.05) is 61.8 Å². The molecule has 5 rings (SSSR count). The smallest absolute Gasteiger partial charge is 0.256 e. The van der Waals surface area contributed by atoms with E-state index in [2.05, 4.69) is 58.2 Å². The van der Waals surface area contributed by atoms with E-state index in [1.54, 1.807) is 6.20 Å². The van der Waals surface area contributed by atoms with Crippen molar-refractivity contribution in [2.75, 3.05) is 26.2 Å². The molecule has 0 bridgehead atoms. The Morgan fingerprint density at radius 3 is 2.52 bits per heavy atom. The summed E-state index contributed by atoms with van der Waals surface area (Å²) in [6.07, 6.45) is 4.33. The fourth-order valence-electron chi connectivity index (χ4n) is 4.48. The van der Waals surface area contributed by atoms with Gasteiger partial charge in [-0.3, -0.25) is 9.78 Å². The zero-order chi connectivity index (χ0) is 21.2. The minimum Gasteiger partial charge on any atom is -0.336 e. The quantitative estimate of drug-likeness (QED) is 0.554. The van der Waals surface area contributed by atoms with Crippen LogP contribution >= 0.6 is 0 Å². The van der Waals surface area contributed by atoms with Crippen molar-refractivity contribution in [3.8, 4) is 5.69 Å². The first-order valence-corrected chi connectivity index (χ1v) is 10.8. The Bertz CT molecular complexity index is 1220. The van der Waals surface area contributed by atoms with Crippen molar-refractivity contribution in [3.05, 3.63) is 95.4 Å². The molecule has 31 heavy (non-hydrogen) atoms. The second-order valence-corrected chi connectivity index (χ2v) is 8.03. The zero-order valence-corrected chi connectivity index (χ0v) is 17.7. The summed E-state index contributed by atoms with van der Waals surface area (Å²) in [5.74, 6) is 0.0952. The number of hydrogen-bond donors (Lipinski definition) is 1. The highest BCUT2D eigenvalue weighted by molar-refractivity contribution is 6.09. The number of carbonyl (C=O) groups excluding carboxylic acids is 1. The first kappa shape index (κ1) is 19.5. The van der Waals surface area contributed by atoms with E-state index in [9.17, 15) is 4.79 Å². The molecule has 0 aliphatic carbocycles. The average Bonchev–Trinajstić information content (AvgIpc) is 3.15. The first-order chi connectivity index (χ1) is 15.2. The fourth-order valence-corrected chi connectivity index (χ4v) is 4.48. The van der Waals surface area contributed by atoms with Crippen LogP contribution in [0.15, 0.2) is 73.1 Å². The molecule has 1 saturated heterocycles. The van der Waals surface area contributed by atoms with Gasteiger partial charge in [-0.2, -0.15) is 0 Å². The summed E-state index contributed by atoms with van der Waals surface area (Å²) in [5, 5.41) is 4.26. The predicted octanol–water partition coefficient (Wildman–Crippen LogP) is 3.97. The number of fused-ring (bicyclic) bond motifs is 1. The Labute approximate surface area is 182 Å². The highest BCUT2D eigenvalue weighted by atomic mass is 16.2. The summed E-state index contributed by atoms with van der Waals surface area (Å²) < 4.78 is 2.24. The number of rotatable bonds is 4. The molecule has 1 amide bonds. The van der Waals surface area contributed by atoms with E-state index < -0.39 is 0 Å². The molecule has 156 valence electrons. The number of piperazine rings is 1. The number of aryl methyl sites for hydroxylation is 1. The molecule has 2 aromatic carbocycles. The van der Waals surface area contributed by atoms with Crippen molar-refractivity contribution in [1.82, 2.24) is 19.8 Å². The van der Waals surface area contributed by atoms with Crippen LogP contribution in [0.4, 0.5) is 0 Å². The summed E-state index contributed by atoms with van der Waals surface area (Å²) >= 11 is 0. The van der Waals surface area contributed by atoms with Crippen LogP contribution in [-0.2, 0) is 6.42 Å². The van der Waals surface area contributed by atoms with Gasteiger partial charge in [-0.25, -0.2) is 0 Å². The fraction of sp³-hybridized carbons (Fsp3) is 0.231. The van der Waals surface area contributed by atoms with E-state index >= 15 is 0 Å². The summed E-state index contributed by atoms with van der Waals surface area (Å²) in [6, 6.07) is 20.7. The predicted molar refractivity (Wildman–Crippen MR) is 124 cm³/mol. The van der Waals surface area contributed by atoms with Gasteiger partial charge in [0.25, 0.3) is 5.91 Å². The first-order valence-electron chi connectivity index (χ1n) is 10.8. The lowest BCUT2D eigenvalue weighted by atomic mass is 10.0. The summed E-state index contributed by atoms with van der Waals surface area (Å²) in [7, 11) is 0. The Balaban J connectivity index is 1.76. The third kappa shape index (κ3) is 3.62. The van der Waals surface area contributed by atoms with Crippen LogP contribution in [0.2, 0.25) is 0 Å². The van der Waals surface area contributed by atoms with Crippen molar-refractivity contribution in [3.63, 3.8) is 0 Å². The van der Waals surface area contributed by atoms with Crippen LogP contribution in [-0.4, -0.2) is 46.5 Å². The topological polar surface area (TPSA) is 50.2 Å². The van der Waals surface area contributed by atoms with Crippen molar-refractivity contribution >= 4 is 16.8 Å². The van der Waals surface area contributed by atoms with Gasteiger partial charge in [-0.1, -0.05) is 42.5 Å². The maximum atomic E-state index is 13.8. The molecule has 1 N–H and O–H groups in total. The van der Waals surface area contributed by atoms with Gasteiger partial charge in [-0.05, 0) is 36.2 Å². The Morgan fingerprint density at radius 2 is 1.74 bits per heavy atom. The van der Waals surface area contributed by atoms with Crippen LogP contribution < -0.4 is 5.32 Å². The standard InChI is InChI=1S/C26H26N4O/c1-19-7-5-6-8-20(19)17-24-25(26(31)29-15-13-27-14-16-29)22-18-28-12-11-23(22)30(24)21-9-3-2-4-10-21/h2-12,18,27H,13-17H2,1H3. The third-order valence-electron chi connectivity index (χ3n) is 6.12. The zero-order valence-electron chi connectivity index (χ0n) is 17.7. The molecule has 0 unspecified atom stereocenters. The number of nitrogens with one attached hydrogen (secondary N) is 1. The van der Waals surface area contributed by atoms with E-state index in [1.807, 2.05) is 35.4 Å².